The zero-order chi connectivity index (χ0) is 21.1. The molecule has 0 fully saturated rings. The van der Waals surface area contributed by atoms with E-state index < -0.39 is 29.3 Å². The minimum Gasteiger partial charge on any atom is -0.467 e. The van der Waals surface area contributed by atoms with Crippen molar-refractivity contribution < 1.29 is 23.9 Å². The molecular formula is C19H32N4O5. The number of aromatic nitrogens is 2. The summed E-state index contributed by atoms with van der Waals surface area (Å²) in [5.41, 5.74) is 0.743. The minimum absolute atomic E-state index is 0.257. The van der Waals surface area contributed by atoms with Gasteiger partial charge < -0.3 is 9.47 Å². The number of fused-ring (bicyclic) bond motifs is 1. The third-order valence-electron chi connectivity index (χ3n) is 4.01. The molecule has 0 bridgehead atoms. The van der Waals surface area contributed by atoms with Crippen LogP contribution in [0.1, 0.15) is 52.8 Å². The number of hydrogen-bond donors (Lipinski definition) is 1. The molecule has 9 heteroatoms. The van der Waals surface area contributed by atoms with Crippen molar-refractivity contribution in [3.8, 4) is 0 Å². The zero-order valence-corrected chi connectivity index (χ0v) is 17.9. The van der Waals surface area contributed by atoms with E-state index >= 15 is 0 Å². The van der Waals surface area contributed by atoms with Gasteiger partial charge in [-0.25, -0.2) is 9.59 Å². The molecule has 1 amide bonds. The molecule has 0 radical (unpaired) electrons. The van der Waals surface area contributed by atoms with Gasteiger partial charge in [0.15, 0.2) is 6.04 Å². The first-order valence-corrected chi connectivity index (χ1v) is 9.42. The second-order valence-corrected chi connectivity index (χ2v) is 8.91. The Morgan fingerprint density at radius 2 is 1.93 bits per heavy atom. The Labute approximate surface area is 166 Å². The van der Waals surface area contributed by atoms with Crippen LogP contribution in [0.25, 0.3) is 0 Å². The van der Waals surface area contributed by atoms with Gasteiger partial charge in [0.1, 0.15) is 5.60 Å². The second kappa shape index (κ2) is 8.48. The summed E-state index contributed by atoms with van der Waals surface area (Å²) in [4.78, 5) is 33.3. The maximum absolute atomic E-state index is 12.8. The lowest BCUT2D eigenvalue weighted by atomic mass is 10.1. The van der Waals surface area contributed by atoms with Crippen LogP contribution in [-0.4, -0.2) is 69.7 Å². The number of amides is 1. The number of nitrogens with zero attached hydrogens (tertiary/aromatic N) is 3. The fourth-order valence-electron chi connectivity index (χ4n) is 2.89. The van der Waals surface area contributed by atoms with E-state index in [0.717, 1.165) is 29.3 Å². The molecule has 1 unspecified atom stereocenters. The molecule has 1 aliphatic rings. The summed E-state index contributed by atoms with van der Waals surface area (Å²) in [6.07, 6.45) is 1.85. The molecule has 1 atom stereocenters. The topological polar surface area (TPSA) is 97.0 Å². The van der Waals surface area contributed by atoms with Crippen LogP contribution in [0.2, 0.25) is 0 Å². The molecule has 2 heterocycles. The van der Waals surface area contributed by atoms with Crippen LogP contribution in [0.4, 0.5) is 4.79 Å². The van der Waals surface area contributed by atoms with Crippen LogP contribution in [0.5, 0.6) is 0 Å². The third-order valence-corrected chi connectivity index (χ3v) is 4.01. The molecule has 158 valence electrons. The molecule has 1 aliphatic heterocycles. The quantitative estimate of drug-likeness (QED) is 0.602. The van der Waals surface area contributed by atoms with Gasteiger partial charge in [0, 0.05) is 37.3 Å². The van der Waals surface area contributed by atoms with E-state index in [2.05, 4.69) is 15.1 Å². The monoisotopic (exact) mass is 396 g/mol. The maximum Gasteiger partial charge on any atom is 0.435 e. The summed E-state index contributed by atoms with van der Waals surface area (Å²) in [6, 6.07) is -0.965. The van der Waals surface area contributed by atoms with Gasteiger partial charge >= 0.3 is 12.1 Å². The number of carbonyl (C=O) groups excluding carboxylic acids is 2. The molecule has 0 aromatic carbocycles. The van der Waals surface area contributed by atoms with Crippen LogP contribution in [0, 0.1) is 0 Å². The average molecular weight is 396 g/mol. The number of H-pyrrole nitrogens is 1. The molecule has 0 spiro atoms. The number of nitrogens with one attached hydrogen (secondary N) is 1. The summed E-state index contributed by atoms with van der Waals surface area (Å²) in [6.45, 7) is 12.3. The van der Waals surface area contributed by atoms with E-state index in [1.807, 2.05) is 0 Å². The van der Waals surface area contributed by atoms with Crippen molar-refractivity contribution in [3.63, 3.8) is 0 Å². The first-order chi connectivity index (χ1) is 12.9. The van der Waals surface area contributed by atoms with E-state index in [9.17, 15) is 9.59 Å². The first kappa shape index (κ1) is 22.2. The van der Waals surface area contributed by atoms with Crippen molar-refractivity contribution in [3.05, 3.63) is 17.5 Å². The van der Waals surface area contributed by atoms with Gasteiger partial charge in [-0.15, -0.1) is 0 Å². The highest BCUT2D eigenvalue weighted by molar-refractivity contribution is 5.81. The molecule has 28 heavy (non-hydrogen) atoms. The van der Waals surface area contributed by atoms with Crippen molar-refractivity contribution in [2.24, 2.45) is 0 Å². The number of hydroxylamine groups is 2. The normalized spacial score (nSPS) is 16.2. The molecule has 0 saturated carbocycles. The van der Waals surface area contributed by atoms with Crippen molar-refractivity contribution in [1.82, 2.24) is 20.2 Å². The van der Waals surface area contributed by atoms with E-state index in [0.29, 0.717) is 6.54 Å². The van der Waals surface area contributed by atoms with Crippen molar-refractivity contribution in [2.75, 3.05) is 20.2 Å². The third kappa shape index (κ3) is 6.20. The minimum atomic E-state index is -0.965. The molecule has 1 aromatic rings. The molecule has 0 aliphatic carbocycles. The van der Waals surface area contributed by atoms with Gasteiger partial charge in [-0.3, -0.25) is 14.8 Å². The molecule has 1 N–H and O–H groups in total. The number of ether oxygens (including phenoxy) is 2. The Balaban J connectivity index is 2.24. The summed E-state index contributed by atoms with van der Waals surface area (Å²) in [7, 11) is 1.30. The van der Waals surface area contributed by atoms with Crippen molar-refractivity contribution in [2.45, 2.75) is 71.8 Å². The maximum atomic E-state index is 12.8. The predicted octanol–water partition coefficient (Wildman–Crippen LogP) is 2.28. The Bertz CT molecular complexity index is 689. The van der Waals surface area contributed by atoms with Gasteiger partial charge in [0.05, 0.1) is 18.9 Å². The zero-order valence-electron chi connectivity index (χ0n) is 17.9. The summed E-state index contributed by atoms with van der Waals surface area (Å²) in [5, 5.41) is 8.07. The Kier molecular flexibility index (Phi) is 6.71. The van der Waals surface area contributed by atoms with Crippen molar-refractivity contribution in [1.29, 1.82) is 0 Å². The fraction of sp³-hybridized carbons (Fsp3) is 0.737. The first-order valence-electron chi connectivity index (χ1n) is 9.42. The van der Waals surface area contributed by atoms with Gasteiger partial charge in [-0.05, 0) is 41.5 Å². The van der Waals surface area contributed by atoms with E-state index in [4.69, 9.17) is 14.3 Å². The van der Waals surface area contributed by atoms with Crippen LogP contribution in [0.3, 0.4) is 0 Å². The Morgan fingerprint density at radius 1 is 1.25 bits per heavy atom. The fourth-order valence-corrected chi connectivity index (χ4v) is 2.89. The van der Waals surface area contributed by atoms with Gasteiger partial charge in [-0.1, -0.05) is 0 Å². The highest BCUT2D eigenvalue weighted by Gasteiger charge is 2.39. The number of esters is 1. The van der Waals surface area contributed by atoms with Gasteiger partial charge in [0.25, 0.3) is 0 Å². The second-order valence-electron chi connectivity index (χ2n) is 8.91. The number of rotatable bonds is 5. The predicted molar refractivity (Wildman–Crippen MR) is 102 cm³/mol. The van der Waals surface area contributed by atoms with E-state index in [-0.39, 0.29) is 6.54 Å². The Hall–Kier alpha value is -2.13. The molecule has 1 aromatic heterocycles. The standard InChI is InChI=1S/C19H32N4O5/c1-18(2,3)27-17(25)23(28-19(4,5)6)15(16(24)26-7)12-22-9-8-14-13(11-22)10-20-21-14/h10,15H,8-9,11-12H2,1-7H3,(H,20,21). The highest BCUT2D eigenvalue weighted by atomic mass is 16.7. The average Bonchev–Trinajstić information content (AvgIpc) is 3.02. The number of hydrogen-bond acceptors (Lipinski definition) is 7. The summed E-state index contributed by atoms with van der Waals surface area (Å²) < 4.78 is 10.4. The molecule has 9 nitrogen and oxygen atoms in total. The molecule has 2 rings (SSSR count). The van der Waals surface area contributed by atoms with Gasteiger partial charge in [0.2, 0.25) is 0 Å². The lowest BCUT2D eigenvalue weighted by Crippen LogP contribution is -2.55. The SMILES string of the molecule is COC(=O)C(CN1CCc2[nH]ncc2C1)N(OC(C)(C)C)C(=O)OC(C)(C)C. The smallest absolute Gasteiger partial charge is 0.435 e. The number of methoxy groups -OCH3 is 1. The van der Waals surface area contributed by atoms with Gasteiger partial charge in [-0.2, -0.15) is 10.2 Å². The summed E-state index contributed by atoms with van der Waals surface area (Å²) >= 11 is 0. The van der Waals surface area contributed by atoms with Crippen LogP contribution >= 0.6 is 0 Å². The molecular weight excluding hydrogens is 364 g/mol. The lowest BCUT2D eigenvalue weighted by molar-refractivity contribution is -0.235. The highest BCUT2D eigenvalue weighted by Crippen LogP contribution is 2.22. The van der Waals surface area contributed by atoms with E-state index in [1.165, 1.54) is 7.11 Å². The van der Waals surface area contributed by atoms with Crippen LogP contribution < -0.4 is 0 Å². The van der Waals surface area contributed by atoms with Crippen LogP contribution in [-0.2, 0) is 32.1 Å². The number of aromatic amines is 1. The number of carbonyl (C=O) groups is 2. The Morgan fingerprint density at radius 3 is 2.50 bits per heavy atom. The molecule has 0 saturated heterocycles. The summed E-state index contributed by atoms with van der Waals surface area (Å²) in [5.74, 6) is -0.562. The largest absolute Gasteiger partial charge is 0.467 e. The lowest BCUT2D eigenvalue weighted by Gasteiger charge is -2.37. The van der Waals surface area contributed by atoms with Crippen LogP contribution in [0.15, 0.2) is 6.20 Å². The van der Waals surface area contributed by atoms with E-state index in [1.54, 1.807) is 47.7 Å². The van der Waals surface area contributed by atoms with Crippen molar-refractivity contribution >= 4 is 12.1 Å².